The molecular formula is C25H21FN2O2S. The van der Waals surface area contributed by atoms with Crippen LogP contribution in [-0.2, 0) is 18.3 Å². The first kappa shape index (κ1) is 20.9. The lowest BCUT2D eigenvalue weighted by Crippen LogP contribution is -2.16. The summed E-state index contributed by atoms with van der Waals surface area (Å²) in [7, 11) is 1.77. The summed E-state index contributed by atoms with van der Waals surface area (Å²) < 4.78 is 14.6. The summed E-state index contributed by atoms with van der Waals surface area (Å²) in [5.41, 5.74) is 2.47. The van der Waals surface area contributed by atoms with Crippen molar-refractivity contribution in [3.63, 3.8) is 0 Å². The zero-order valence-corrected chi connectivity index (χ0v) is 17.8. The van der Waals surface area contributed by atoms with Crippen LogP contribution in [0.5, 0.6) is 0 Å². The zero-order chi connectivity index (χ0) is 21.8. The van der Waals surface area contributed by atoms with E-state index in [9.17, 15) is 14.0 Å². The van der Waals surface area contributed by atoms with E-state index in [0.29, 0.717) is 18.5 Å². The number of carbonyl (C=O) groups is 1. The number of carbonyl (C=O) groups excluding carboxylic acids is 1. The second kappa shape index (κ2) is 9.18. The molecule has 0 aliphatic carbocycles. The average Bonchev–Trinajstić information content (AvgIpc) is 2.78. The number of hydrogen-bond acceptors (Lipinski definition) is 3. The normalized spacial score (nSPS) is 10.9. The maximum absolute atomic E-state index is 13.0. The van der Waals surface area contributed by atoms with Crippen molar-refractivity contribution in [2.75, 3.05) is 5.32 Å². The van der Waals surface area contributed by atoms with Crippen LogP contribution in [0.2, 0.25) is 0 Å². The summed E-state index contributed by atoms with van der Waals surface area (Å²) in [5.74, 6) is -0.377. The molecule has 0 fully saturated rings. The van der Waals surface area contributed by atoms with Crippen LogP contribution in [0.15, 0.2) is 93.4 Å². The molecule has 0 unspecified atom stereocenters. The molecule has 1 N–H and O–H groups in total. The van der Waals surface area contributed by atoms with Gasteiger partial charge in [0.25, 0.3) is 5.56 Å². The number of aryl methyl sites for hydroxylation is 2. The number of halogens is 1. The maximum atomic E-state index is 13.0. The quantitative estimate of drug-likeness (QED) is 0.444. The van der Waals surface area contributed by atoms with Gasteiger partial charge in [0, 0.05) is 40.4 Å². The van der Waals surface area contributed by atoms with E-state index in [1.807, 2.05) is 48.5 Å². The Labute approximate surface area is 183 Å². The smallest absolute Gasteiger partial charge is 0.251 e. The minimum atomic E-state index is -0.282. The van der Waals surface area contributed by atoms with Crippen LogP contribution in [0.25, 0.3) is 10.9 Å². The van der Waals surface area contributed by atoms with Crippen molar-refractivity contribution in [3.05, 3.63) is 101 Å². The molecule has 0 bridgehead atoms. The monoisotopic (exact) mass is 432 g/mol. The summed E-state index contributed by atoms with van der Waals surface area (Å²) in [6, 6.07) is 23.2. The van der Waals surface area contributed by atoms with E-state index < -0.39 is 0 Å². The first-order valence-electron chi connectivity index (χ1n) is 9.90. The van der Waals surface area contributed by atoms with Gasteiger partial charge in [0.2, 0.25) is 5.91 Å². The Morgan fingerprint density at radius 3 is 2.45 bits per heavy atom. The van der Waals surface area contributed by atoms with Crippen LogP contribution >= 0.6 is 11.8 Å². The Kier molecular flexibility index (Phi) is 6.18. The standard InChI is InChI=1S/C25H21FN2O2S/c1-28-22-5-3-2-4-21(22)23(16-25(28)30)31-20-13-11-19(12-14-20)27-24(29)15-8-17-6-9-18(26)10-7-17/h2-7,9-14,16H,8,15H2,1H3,(H,27,29). The molecule has 0 aliphatic rings. The number of nitrogens with zero attached hydrogens (tertiary/aromatic N) is 1. The number of benzene rings is 3. The fourth-order valence-electron chi connectivity index (χ4n) is 3.33. The number of para-hydroxylation sites is 1. The van der Waals surface area contributed by atoms with E-state index >= 15 is 0 Å². The van der Waals surface area contributed by atoms with Gasteiger partial charge in [-0.15, -0.1) is 0 Å². The SMILES string of the molecule is Cn1c(=O)cc(Sc2ccc(NC(=O)CCc3ccc(F)cc3)cc2)c2ccccc21. The molecule has 156 valence electrons. The molecule has 4 aromatic rings. The fraction of sp³-hybridized carbons (Fsp3) is 0.120. The van der Waals surface area contributed by atoms with Crippen molar-refractivity contribution in [2.24, 2.45) is 7.05 Å². The summed E-state index contributed by atoms with van der Waals surface area (Å²) in [4.78, 5) is 26.4. The van der Waals surface area contributed by atoms with E-state index in [-0.39, 0.29) is 17.3 Å². The molecule has 0 aliphatic heterocycles. The minimum absolute atomic E-state index is 0.0498. The van der Waals surface area contributed by atoms with Gasteiger partial charge in [0.05, 0.1) is 5.52 Å². The number of rotatable bonds is 6. The lowest BCUT2D eigenvalue weighted by molar-refractivity contribution is -0.116. The maximum Gasteiger partial charge on any atom is 0.251 e. The second-order valence-electron chi connectivity index (χ2n) is 7.22. The highest BCUT2D eigenvalue weighted by Crippen LogP contribution is 2.32. The van der Waals surface area contributed by atoms with Gasteiger partial charge in [-0.1, -0.05) is 42.1 Å². The number of aromatic nitrogens is 1. The van der Waals surface area contributed by atoms with Crippen LogP contribution < -0.4 is 10.9 Å². The number of anilines is 1. The predicted molar refractivity (Wildman–Crippen MR) is 123 cm³/mol. The molecule has 0 saturated carbocycles. The largest absolute Gasteiger partial charge is 0.326 e. The van der Waals surface area contributed by atoms with E-state index in [4.69, 9.17) is 0 Å². The lowest BCUT2D eigenvalue weighted by Gasteiger charge is -2.10. The molecule has 4 rings (SSSR count). The van der Waals surface area contributed by atoms with Crippen molar-refractivity contribution in [1.82, 2.24) is 4.57 Å². The Hall–Kier alpha value is -3.38. The van der Waals surface area contributed by atoms with Gasteiger partial charge in [-0.05, 0) is 54.4 Å². The highest BCUT2D eigenvalue weighted by Gasteiger charge is 2.09. The third-order valence-corrected chi connectivity index (χ3v) is 6.10. The summed E-state index contributed by atoms with van der Waals surface area (Å²) >= 11 is 1.52. The Morgan fingerprint density at radius 2 is 1.71 bits per heavy atom. The zero-order valence-electron chi connectivity index (χ0n) is 17.0. The molecule has 4 nitrogen and oxygen atoms in total. The van der Waals surface area contributed by atoms with Gasteiger partial charge in [0.1, 0.15) is 5.82 Å². The van der Waals surface area contributed by atoms with Crippen LogP contribution in [0.1, 0.15) is 12.0 Å². The molecular weight excluding hydrogens is 411 g/mol. The molecule has 6 heteroatoms. The summed E-state index contributed by atoms with van der Waals surface area (Å²) in [6.45, 7) is 0. The van der Waals surface area contributed by atoms with Crippen LogP contribution in [0, 0.1) is 5.82 Å². The van der Waals surface area contributed by atoms with Gasteiger partial charge in [-0.25, -0.2) is 4.39 Å². The molecule has 0 saturated heterocycles. The van der Waals surface area contributed by atoms with Crippen molar-refractivity contribution in [2.45, 2.75) is 22.6 Å². The Bertz CT molecular complexity index is 1280. The van der Waals surface area contributed by atoms with Crippen molar-refractivity contribution < 1.29 is 9.18 Å². The number of amides is 1. The van der Waals surface area contributed by atoms with E-state index in [1.165, 1.54) is 23.9 Å². The van der Waals surface area contributed by atoms with Crippen LogP contribution in [-0.4, -0.2) is 10.5 Å². The first-order valence-corrected chi connectivity index (χ1v) is 10.7. The second-order valence-corrected chi connectivity index (χ2v) is 8.34. The van der Waals surface area contributed by atoms with Crippen molar-refractivity contribution in [3.8, 4) is 0 Å². The summed E-state index contributed by atoms with van der Waals surface area (Å²) in [6.07, 6.45) is 0.873. The highest BCUT2D eigenvalue weighted by atomic mass is 32.2. The highest BCUT2D eigenvalue weighted by molar-refractivity contribution is 7.99. The molecule has 0 spiro atoms. The third kappa shape index (κ3) is 5.03. The Balaban J connectivity index is 1.41. The summed E-state index contributed by atoms with van der Waals surface area (Å²) in [5, 5.41) is 3.91. The van der Waals surface area contributed by atoms with Crippen molar-refractivity contribution >= 4 is 34.3 Å². The lowest BCUT2D eigenvalue weighted by atomic mass is 10.1. The van der Waals surface area contributed by atoms with E-state index in [0.717, 1.165) is 26.3 Å². The van der Waals surface area contributed by atoms with Crippen molar-refractivity contribution in [1.29, 1.82) is 0 Å². The van der Waals surface area contributed by atoms with Gasteiger partial charge in [0.15, 0.2) is 0 Å². The third-order valence-electron chi connectivity index (χ3n) is 5.04. The molecule has 1 heterocycles. The van der Waals surface area contributed by atoms with Gasteiger partial charge < -0.3 is 9.88 Å². The first-order chi connectivity index (χ1) is 15.0. The van der Waals surface area contributed by atoms with Gasteiger partial charge in [-0.2, -0.15) is 0 Å². The molecule has 0 atom stereocenters. The average molecular weight is 433 g/mol. The number of hydrogen-bond donors (Lipinski definition) is 1. The Morgan fingerprint density at radius 1 is 1.00 bits per heavy atom. The van der Waals surface area contributed by atoms with Gasteiger partial charge >= 0.3 is 0 Å². The van der Waals surface area contributed by atoms with Gasteiger partial charge in [-0.3, -0.25) is 9.59 Å². The molecule has 31 heavy (non-hydrogen) atoms. The van der Waals surface area contributed by atoms with E-state index in [1.54, 1.807) is 29.8 Å². The number of pyridine rings is 1. The predicted octanol–water partition coefficient (Wildman–Crippen LogP) is 5.40. The molecule has 1 amide bonds. The van der Waals surface area contributed by atoms with Crippen LogP contribution in [0.4, 0.5) is 10.1 Å². The minimum Gasteiger partial charge on any atom is -0.326 e. The fourth-order valence-corrected chi connectivity index (χ4v) is 4.30. The molecule has 0 radical (unpaired) electrons. The van der Waals surface area contributed by atoms with Crippen LogP contribution in [0.3, 0.4) is 0 Å². The number of nitrogens with one attached hydrogen (secondary N) is 1. The topological polar surface area (TPSA) is 51.1 Å². The molecule has 3 aromatic carbocycles. The van der Waals surface area contributed by atoms with E-state index in [2.05, 4.69) is 5.32 Å². The number of fused-ring (bicyclic) bond motifs is 1. The molecule has 1 aromatic heterocycles.